The molecule has 0 aliphatic heterocycles. The molecule has 0 radical (unpaired) electrons. The lowest BCUT2D eigenvalue weighted by Gasteiger charge is -2.22. The lowest BCUT2D eigenvalue weighted by Crippen LogP contribution is -2.30. The highest BCUT2D eigenvalue weighted by atomic mass is 35.5. The van der Waals surface area contributed by atoms with E-state index in [1.54, 1.807) is 0 Å². The van der Waals surface area contributed by atoms with Gasteiger partial charge in [-0.05, 0) is 38.1 Å². The molecule has 0 amide bonds. The van der Waals surface area contributed by atoms with E-state index in [-0.39, 0.29) is 24.8 Å². The van der Waals surface area contributed by atoms with Crippen molar-refractivity contribution in [3.05, 3.63) is 0 Å². The zero-order valence-corrected chi connectivity index (χ0v) is 11.7. The van der Waals surface area contributed by atoms with E-state index in [1.807, 2.05) is 0 Å². The summed E-state index contributed by atoms with van der Waals surface area (Å²) in [6.45, 7) is 5.25. The van der Waals surface area contributed by atoms with Gasteiger partial charge in [0.25, 0.3) is 0 Å². The summed E-state index contributed by atoms with van der Waals surface area (Å²) in [5.41, 5.74) is 11.6. The van der Waals surface area contributed by atoms with Crippen molar-refractivity contribution >= 4 is 24.8 Å². The van der Waals surface area contributed by atoms with Gasteiger partial charge in [-0.15, -0.1) is 24.8 Å². The molecule has 0 aromatic rings. The van der Waals surface area contributed by atoms with E-state index in [4.69, 9.17) is 11.5 Å². The molecule has 0 aliphatic rings. The van der Waals surface area contributed by atoms with Crippen LogP contribution in [0.2, 0.25) is 0 Å². The van der Waals surface area contributed by atoms with E-state index >= 15 is 0 Å². The van der Waals surface area contributed by atoms with Gasteiger partial charge in [0.1, 0.15) is 0 Å². The molecule has 0 aliphatic carbocycles. The Morgan fingerprint density at radius 1 is 0.933 bits per heavy atom. The van der Waals surface area contributed by atoms with E-state index in [1.165, 1.54) is 25.7 Å². The van der Waals surface area contributed by atoms with Crippen molar-refractivity contribution in [3.8, 4) is 0 Å². The summed E-state index contributed by atoms with van der Waals surface area (Å²) < 4.78 is 0. The molecule has 0 saturated carbocycles. The van der Waals surface area contributed by atoms with Gasteiger partial charge in [0, 0.05) is 6.04 Å². The van der Waals surface area contributed by atoms with Gasteiger partial charge in [-0.1, -0.05) is 26.7 Å². The summed E-state index contributed by atoms with van der Waals surface area (Å²) >= 11 is 0. The molecule has 0 fully saturated rings. The standard InChI is InChI=1S/C11H26N2.2ClH/c1-3-6-10(7-4-2)11(13)8-5-9-12;;/h10-11H,3-9,12-13H2,1-2H3;2*1H. The molecule has 0 bridgehead atoms. The molecule has 0 aromatic carbocycles. The first-order valence-corrected chi connectivity index (χ1v) is 5.71. The second-order valence-electron chi connectivity index (χ2n) is 3.93. The molecule has 1 unspecified atom stereocenters. The SMILES string of the molecule is CCCC(CCC)C(N)CCCN.Cl.Cl. The summed E-state index contributed by atoms with van der Waals surface area (Å²) in [7, 11) is 0. The fourth-order valence-electron chi connectivity index (χ4n) is 1.90. The average molecular weight is 259 g/mol. The van der Waals surface area contributed by atoms with Crippen LogP contribution < -0.4 is 11.5 Å². The Kier molecular flexibility index (Phi) is 20.2. The van der Waals surface area contributed by atoms with Crippen molar-refractivity contribution < 1.29 is 0 Å². The Hall–Kier alpha value is 0.500. The highest BCUT2D eigenvalue weighted by molar-refractivity contribution is 5.85. The highest BCUT2D eigenvalue weighted by Gasteiger charge is 2.14. The minimum Gasteiger partial charge on any atom is -0.330 e. The number of halogens is 2. The second kappa shape index (κ2) is 14.5. The molecule has 2 nitrogen and oxygen atoms in total. The Labute approximate surface area is 107 Å². The van der Waals surface area contributed by atoms with Crippen LogP contribution in [-0.2, 0) is 0 Å². The molecule has 1 atom stereocenters. The first-order valence-electron chi connectivity index (χ1n) is 5.71. The zero-order valence-electron chi connectivity index (χ0n) is 10.1. The van der Waals surface area contributed by atoms with Gasteiger partial charge in [-0.3, -0.25) is 0 Å². The van der Waals surface area contributed by atoms with Gasteiger partial charge in [0.15, 0.2) is 0 Å². The largest absolute Gasteiger partial charge is 0.330 e. The first-order chi connectivity index (χ1) is 6.26. The van der Waals surface area contributed by atoms with Crippen LogP contribution in [0.15, 0.2) is 0 Å². The van der Waals surface area contributed by atoms with Gasteiger partial charge in [0.2, 0.25) is 0 Å². The van der Waals surface area contributed by atoms with Gasteiger partial charge in [-0.2, -0.15) is 0 Å². The van der Waals surface area contributed by atoms with Crippen molar-refractivity contribution in [2.45, 2.75) is 58.4 Å². The third-order valence-corrected chi connectivity index (χ3v) is 2.67. The maximum atomic E-state index is 6.12. The van der Waals surface area contributed by atoms with Crippen LogP contribution in [-0.4, -0.2) is 12.6 Å². The predicted molar refractivity (Wildman–Crippen MR) is 74.1 cm³/mol. The van der Waals surface area contributed by atoms with Gasteiger partial charge >= 0.3 is 0 Å². The minimum atomic E-state index is 0. The van der Waals surface area contributed by atoms with Crippen LogP contribution in [0.1, 0.15) is 52.4 Å². The Balaban J connectivity index is -0.000000720. The summed E-state index contributed by atoms with van der Waals surface area (Å²) in [6.07, 6.45) is 7.23. The number of hydrogen-bond acceptors (Lipinski definition) is 2. The first kappa shape index (κ1) is 20.9. The van der Waals surface area contributed by atoms with Gasteiger partial charge < -0.3 is 11.5 Å². The molecule has 0 heterocycles. The summed E-state index contributed by atoms with van der Waals surface area (Å²) in [6, 6.07) is 0.378. The molecular weight excluding hydrogens is 231 g/mol. The maximum Gasteiger partial charge on any atom is 0.00676 e. The van der Waals surface area contributed by atoms with Gasteiger partial charge in [0.05, 0.1) is 0 Å². The number of nitrogens with two attached hydrogens (primary N) is 2. The molecule has 4 heteroatoms. The molecule has 0 rings (SSSR count). The molecule has 4 N–H and O–H groups in total. The Morgan fingerprint density at radius 3 is 1.73 bits per heavy atom. The van der Waals surface area contributed by atoms with Crippen molar-refractivity contribution in [1.82, 2.24) is 0 Å². The zero-order chi connectivity index (χ0) is 10.1. The lowest BCUT2D eigenvalue weighted by atomic mass is 9.88. The third kappa shape index (κ3) is 10.8. The molecule has 96 valence electrons. The summed E-state index contributed by atoms with van der Waals surface area (Å²) in [5.74, 6) is 0.724. The van der Waals surface area contributed by atoms with Crippen LogP contribution in [0, 0.1) is 5.92 Å². The monoisotopic (exact) mass is 258 g/mol. The fraction of sp³-hybridized carbons (Fsp3) is 1.00. The predicted octanol–water partition coefficient (Wildman–Crippen LogP) is 3.11. The molecule has 0 spiro atoms. The molecule has 15 heavy (non-hydrogen) atoms. The Bertz CT molecular complexity index is 107. The van der Waals surface area contributed by atoms with Crippen LogP contribution in [0.5, 0.6) is 0 Å². The van der Waals surface area contributed by atoms with Crippen LogP contribution in [0.25, 0.3) is 0 Å². The Morgan fingerprint density at radius 2 is 1.40 bits per heavy atom. The molecular formula is C11H28Cl2N2. The van der Waals surface area contributed by atoms with E-state index in [0.29, 0.717) is 6.04 Å². The molecule has 0 saturated heterocycles. The third-order valence-electron chi connectivity index (χ3n) is 2.67. The lowest BCUT2D eigenvalue weighted by molar-refractivity contribution is 0.343. The molecule has 0 aromatic heterocycles. The quantitative estimate of drug-likeness (QED) is 0.703. The average Bonchev–Trinajstić information content (AvgIpc) is 2.14. The van der Waals surface area contributed by atoms with E-state index < -0.39 is 0 Å². The van der Waals surface area contributed by atoms with E-state index in [0.717, 1.165) is 25.3 Å². The fourth-order valence-corrected chi connectivity index (χ4v) is 1.90. The smallest absolute Gasteiger partial charge is 0.00676 e. The minimum absolute atomic E-state index is 0. The number of rotatable bonds is 8. The highest BCUT2D eigenvalue weighted by Crippen LogP contribution is 2.19. The van der Waals surface area contributed by atoms with Crippen LogP contribution >= 0.6 is 24.8 Å². The van der Waals surface area contributed by atoms with Crippen molar-refractivity contribution in [2.24, 2.45) is 17.4 Å². The van der Waals surface area contributed by atoms with E-state index in [2.05, 4.69) is 13.8 Å². The number of hydrogen-bond donors (Lipinski definition) is 2. The second-order valence-corrected chi connectivity index (χ2v) is 3.93. The summed E-state index contributed by atoms with van der Waals surface area (Å²) in [5, 5.41) is 0. The van der Waals surface area contributed by atoms with Crippen molar-refractivity contribution in [2.75, 3.05) is 6.54 Å². The maximum absolute atomic E-state index is 6.12. The van der Waals surface area contributed by atoms with Crippen LogP contribution in [0.3, 0.4) is 0 Å². The van der Waals surface area contributed by atoms with Crippen molar-refractivity contribution in [3.63, 3.8) is 0 Å². The van der Waals surface area contributed by atoms with E-state index in [9.17, 15) is 0 Å². The normalized spacial score (nSPS) is 11.8. The van der Waals surface area contributed by atoms with Gasteiger partial charge in [-0.25, -0.2) is 0 Å². The topological polar surface area (TPSA) is 52.0 Å². The summed E-state index contributed by atoms with van der Waals surface area (Å²) in [4.78, 5) is 0. The van der Waals surface area contributed by atoms with Crippen molar-refractivity contribution in [1.29, 1.82) is 0 Å². The van der Waals surface area contributed by atoms with Crippen LogP contribution in [0.4, 0.5) is 0 Å².